The van der Waals surface area contributed by atoms with Crippen LogP contribution in [0.1, 0.15) is 37.4 Å². The third kappa shape index (κ3) is 5.42. The summed E-state index contributed by atoms with van der Waals surface area (Å²) >= 11 is 1.30. The van der Waals surface area contributed by atoms with Crippen molar-refractivity contribution < 1.29 is 23.8 Å². The molecule has 0 spiro atoms. The molecule has 1 heterocycles. The number of thiazole rings is 1. The Morgan fingerprint density at radius 3 is 2.50 bits per heavy atom. The topological polar surface area (TPSA) is 128 Å². The zero-order chi connectivity index (χ0) is 27.4. The van der Waals surface area contributed by atoms with Gasteiger partial charge < -0.3 is 30.2 Å². The third-order valence-corrected chi connectivity index (χ3v) is 7.03. The van der Waals surface area contributed by atoms with E-state index in [0.29, 0.717) is 46.3 Å². The Bertz CT molecular complexity index is 1410. The van der Waals surface area contributed by atoms with Gasteiger partial charge in [0, 0.05) is 24.1 Å². The van der Waals surface area contributed by atoms with Crippen molar-refractivity contribution in [2.24, 2.45) is 0 Å². The molecule has 0 bridgehead atoms. The van der Waals surface area contributed by atoms with Crippen molar-refractivity contribution >= 4 is 34.0 Å². The lowest BCUT2D eigenvalue weighted by Gasteiger charge is -2.19. The Kier molecular flexibility index (Phi) is 8.16. The zero-order valence-electron chi connectivity index (χ0n) is 21.8. The van der Waals surface area contributed by atoms with E-state index in [9.17, 15) is 14.4 Å². The Balaban J connectivity index is 1.84. The second-order valence-corrected chi connectivity index (χ2v) is 9.68. The summed E-state index contributed by atoms with van der Waals surface area (Å²) in [6.45, 7) is 3.11. The summed E-state index contributed by atoms with van der Waals surface area (Å²) in [5.74, 6) is 0.884. The number of fused-ring (bicyclic) bond motifs is 3. The molecule has 38 heavy (non-hydrogen) atoms. The van der Waals surface area contributed by atoms with Crippen LogP contribution in [-0.2, 0) is 16.0 Å². The molecule has 2 amide bonds. The highest BCUT2D eigenvalue weighted by Crippen LogP contribution is 2.50. The number of rotatable bonds is 8. The van der Waals surface area contributed by atoms with Crippen LogP contribution in [0, 0.1) is 0 Å². The molecule has 2 atom stereocenters. The van der Waals surface area contributed by atoms with Gasteiger partial charge in [-0.2, -0.15) is 0 Å². The van der Waals surface area contributed by atoms with Crippen molar-refractivity contribution in [1.29, 1.82) is 0 Å². The van der Waals surface area contributed by atoms with Gasteiger partial charge in [-0.1, -0.05) is 6.07 Å². The van der Waals surface area contributed by atoms with Crippen molar-refractivity contribution in [1.82, 2.24) is 10.3 Å². The molecule has 0 aliphatic heterocycles. The fourth-order valence-corrected chi connectivity index (χ4v) is 5.16. The molecular formula is C27H30N4O6S. The van der Waals surface area contributed by atoms with E-state index in [-0.39, 0.29) is 22.9 Å². The van der Waals surface area contributed by atoms with Gasteiger partial charge >= 0.3 is 0 Å². The van der Waals surface area contributed by atoms with Crippen LogP contribution < -0.4 is 35.6 Å². The quantitative estimate of drug-likeness (QED) is 0.396. The van der Waals surface area contributed by atoms with E-state index in [2.05, 4.69) is 20.9 Å². The molecule has 1 aliphatic carbocycles. The van der Waals surface area contributed by atoms with Crippen LogP contribution in [0.4, 0.5) is 10.8 Å². The van der Waals surface area contributed by atoms with E-state index in [0.717, 1.165) is 11.1 Å². The van der Waals surface area contributed by atoms with Crippen LogP contribution >= 0.6 is 11.3 Å². The molecule has 1 aliphatic rings. The Hall–Kier alpha value is -4.12. The first-order valence-corrected chi connectivity index (χ1v) is 12.9. The monoisotopic (exact) mass is 538 g/mol. The van der Waals surface area contributed by atoms with Crippen molar-refractivity contribution in [2.45, 2.75) is 38.8 Å². The standard InChI is InChI=1S/C27H30N4O6S/c1-14(26(34)31-27-28-10-11-38-27)29-20-9-7-17-18(13-21(20)33)19(30-15(2)32)8-6-16-12-22(35-3)24(36-4)25(37-5)23(16)17/h7,9-14,19H,6,8H2,1-5H3,(H,29,33)(H,30,32)(H,28,31,34). The number of hydrogen-bond donors (Lipinski definition) is 3. The van der Waals surface area contributed by atoms with Crippen molar-refractivity contribution in [3.05, 3.63) is 57.2 Å². The number of ether oxygens (including phenoxy) is 3. The van der Waals surface area contributed by atoms with Gasteiger partial charge in [0.2, 0.25) is 23.0 Å². The minimum absolute atomic E-state index is 0.209. The summed E-state index contributed by atoms with van der Waals surface area (Å²) in [6, 6.07) is 5.71. The molecule has 0 saturated carbocycles. The highest BCUT2D eigenvalue weighted by molar-refractivity contribution is 7.13. The summed E-state index contributed by atoms with van der Waals surface area (Å²) in [4.78, 5) is 42.2. The summed E-state index contributed by atoms with van der Waals surface area (Å²) in [5.41, 5.74) is 2.95. The van der Waals surface area contributed by atoms with E-state index in [1.54, 1.807) is 44.9 Å². The van der Waals surface area contributed by atoms with Crippen LogP contribution in [0.3, 0.4) is 0 Å². The number of hydrogen-bond acceptors (Lipinski definition) is 9. The number of aryl methyl sites for hydroxylation is 1. The molecule has 2 aromatic carbocycles. The van der Waals surface area contributed by atoms with Crippen molar-refractivity contribution in [3.63, 3.8) is 0 Å². The molecule has 3 N–H and O–H groups in total. The summed E-state index contributed by atoms with van der Waals surface area (Å²) in [6.07, 6.45) is 2.75. The van der Waals surface area contributed by atoms with Gasteiger partial charge in [0.1, 0.15) is 6.04 Å². The molecule has 200 valence electrons. The summed E-state index contributed by atoms with van der Waals surface area (Å²) in [5, 5.41) is 11.0. The van der Waals surface area contributed by atoms with Gasteiger partial charge in [0.05, 0.1) is 33.1 Å². The predicted octanol–water partition coefficient (Wildman–Crippen LogP) is 3.76. The number of nitrogens with zero attached hydrogens (tertiary/aromatic N) is 1. The molecule has 2 unspecified atom stereocenters. The minimum Gasteiger partial charge on any atom is -0.493 e. The Morgan fingerprint density at radius 2 is 1.87 bits per heavy atom. The lowest BCUT2D eigenvalue weighted by molar-refractivity contribution is -0.119. The molecule has 10 nitrogen and oxygen atoms in total. The number of anilines is 2. The summed E-state index contributed by atoms with van der Waals surface area (Å²) < 4.78 is 17.0. The molecule has 1 aromatic heterocycles. The molecule has 3 aromatic rings. The second kappa shape index (κ2) is 11.5. The van der Waals surface area contributed by atoms with Crippen LogP contribution in [-0.4, -0.2) is 44.2 Å². The van der Waals surface area contributed by atoms with Gasteiger partial charge in [-0.05, 0) is 54.7 Å². The second-order valence-electron chi connectivity index (χ2n) is 8.79. The first-order valence-electron chi connectivity index (χ1n) is 12.0. The fraction of sp³-hybridized carbons (Fsp3) is 0.333. The number of aromatic nitrogens is 1. The van der Waals surface area contributed by atoms with Gasteiger partial charge in [0.25, 0.3) is 0 Å². The number of carbonyl (C=O) groups is 2. The predicted molar refractivity (Wildman–Crippen MR) is 147 cm³/mol. The summed E-state index contributed by atoms with van der Waals surface area (Å²) in [7, 11) is 4.64. The smallest absolute Gasteiger partial charge is 0.248 e. The van der Waals surface area contributed by atoms with Crippen LogP contribution in [0.5, 0.6) is 17.2 Å². The first kappa shape index (κ1) is 26.9. The first-order chi connectivity index (χ1) is 18.3. The lowest BCUT2D eigenvalue weighted by atomic mass is 9.95. The highest BCUT2D eigenvalue weighted by atomic mass is 32.1. The fourth-order valence-electron chi connectivity index (χ4n) is 4.62. The lowest BCUT2D eigenvalue weighted by Crippen LogP contribution is -2.33. The zero-order valence-corrected chi connectivity index (χ0v) is 22.7. The van der Waals surface area contributed by atoms with E-state index in [1.165, 1.54) is 31.4 Å². The number of methoxy groups -OCH3 is 3. The molecule has 0 radical (unpaired) electrons. The van der Waals surface area contributed by atoms with Crippen LogP contribution in [0.2, 0.25) is 0 Å². The van der Waals surface area contributed by atoms with Gasteiger partial charge in [-0.25, -0.2) is 4.98 Å². The van der Waals surface area contributed by atoms with E-state index in [1.807, 2.05) is 6.07 Å². The van der Waals surface area contributed by atoms with Crippen molar-refractivity contribution in [2.75, 3.05) is 32.0 Å². The molecule has 11 heteroatoms. The number of carbonyl (C=O) groups excluding carboxylic acids is 2. The van der Waals surface area contributed by atoms with Gasteiger partial charge in [-0.3, -0.25) is 14.4 Å². The van der Waals surface area contributed by atoms with Gasteiger partial charge in [0.15, 0.2) is 16.6 Å². The average Bonchev–Trinajstić information content (AvgIpc) is 3.30. The van der Waals surface area contributed by atoms with Crippen LogP contribution in [0.15, 0.2) is 40.6 Å². The molecule has 0 fully saturated rings. The number of nitrogens with one attached hydrogen (secondary N) is 3. The van der Waals surface area contributed by atoms with Crippen LogP contribution in [0.25, 0.3) is 11.1 Å². The van der Waals surface area contributed by atoms with E-state index in [4.69, 9.17) is 14.2 Å². The maximum atomic E-state index is 13.4. The van der Waals surface area contributed by atoms with Gasteiger partial charge in [-0.15, -0.1) is 11.3 Å². The molecule has 0 saturated heterocycles. The normalized spacial score (nSPS) is 14.7. The molecular weight excluding hydrogens is 508 g/mol. The minimum atomic E-state index is -0.717. The maximum Gasteiger partial charge on any atom is 0.248 e. The van der Waals surface area contributed by atoms with E-state index < -0.39 is 12.1 Å². The van der Waals surface area contributed by atoms with E-state index >= 15 is 0 Å². The number of amides is 2. The Labute approximate surface area is 224 Å². The average molecular weight is 539 g/mol. The molecule has 4 rings (SSSR count). The third-order valence-electron chi connectivity index (χ3n) is 6.34. The highest BCUT2D eigenvalue weighted by Gasteiger charge is 2.29. The maximum absolute atomic E-state index is 13.4. The van der Waals surface area contributed by atoms with Crippen molar-refractivity contribution in [3.8, 4) is 28.4 Å². The Morgan fingerprint density at radius 1 is 1.11 bits per heavy atom. The largest absolute Gasteiger partial charge is 0.493 e. The SMILES string of the molecule is COc1cc2c(c(OC)c1OC)-c1ccc(NC(C)C(=O)Nc3nccs3)c(=O)cc1C(NC(C)=O)CC2. The number of benzene rings is 1.